The third kappa shape index (κ3) is 2.56. The summed E-state index contributed by atoms with van der Waals surface area (Å²) in [5, 5.41) is 3.17. The van der Waals surface area contributed by atoms with Gasteiger partial charge >= 0.3 is 5.97 Å². The highest BCUT2D eigenvalue weighted by atomic mass is 16.7. The molecule has 1 aliphatic rings. The normalized spacial score (nSPS) is 16.2. The van der Waals surface area contributed by atoms with Crippen molar-refractivity contribution in [2.75, 3.05) is 13.9 Å². The van der Waals surface area contributed by atoms with Gasteiger partial charge in [-0.2, -0.15) is 0 Å². The van der Waals surface area contributed by atoms with Crippen LogP contribution in [0.1, 0.15) is 25.5 Å². The van der Waals surface area contributed by atoms with Crippen molar-refractivity contribution >= 4 is 5.97 Å². The molecule has 0 saturated heterocycles. The van der Waals surface area contributed by atoms with Crippen LogP contribution in [0.25, 0.3) is 0 Å². The molecular weight excluding hydrogens is 234 g/mol. The Labute approximate surface area is 106 Å². The summed E-state index contributed by atoms with van der Waals surface area (Å²) >= 11 is 0. The smallest absolute Gasteiger partial charge is 0.322 e. The second kappa shape index (κ2) is 5.27. The van der Waals surface area contributed by atoms with Crippen LogP contribution in [0.3, 0.4) is 0 Å². The van der Waals surface area contributed by atoms with Gasteiger partial charge in [0.2, 0.25) is 6.79 Å². The molecule has 1 aromatic rings. The number of hydrogen-bond acceptors (Lipinski definition) is 5. The number of fused-ring (bicyclic) bond motifs is 1. The Bertz CT molecular complexity index is 447. The lowest BCUT2D eigenvalue weighted by Crippen LogP contribution is -2.36. The van der Waals surface area contributed by atoms with Crippen molar-refractivity contribution in [3.8, 4) is 11.5 Å². The molecule has 98 valence electrons. The number of carbonyl (C=O) groups excluding carboxylic acids is 1. The molecule has 2 atom stereocenters. The predicted molar refractivity (Wildman–Crippen MR) is 65.6 cm³/mol. The van der Waals surface area contributed by atoms with E-state index < -0.39 is 0 Å². The van der Waals surface area contributed by atoms with Crippen molar-refractivity contribution in [3.05, 3.63) is 23.8 Å². The number of carbonyl (C=O) groups is 1. The van der Waals surface area contributed by atoms with Gasteiger partial charge < -0.3 is 14.2 Å². The first kappa shape index (κ1) is 12.7. The van der Waals surface area contributed by atoms with Crippen LogP contribution in [-0.2, 0) is 9.53 Å². The first-order valence-electron chi connectivity index (χ1n) is 5.85. The van der Waals surface area contributed by atoms with E-state index >= 15 is 0 Å². The average Bonchev–Trinajstić information content (AvgIpc) is 2.84. The molecule has 18 heavy (non-hydrogen) atoms. The summed E-state index contributed by atoms with van der Waals surface area (Å²) in [5.74, 6) is 1.22. The van der Waals surface area contributed by atoms with Crippen LogP contribution < -0.4 is 14.8 Å². The van der Waals surface area contributed by atoms with Crippen molar-refractivity contribution in [2.24, 2.45) is 0 Å². The molecule has 2 unspecified atom stereocenters. The van der Waals surface area contributed by atoms with E-state index in [4.69, 9.17) is 9.47 Å². The molecule has 1 aliphatic heterocycles. The molecule has 5 heteroatoms. The lowest BCUT2D eigenvalue weighted by atomic mass is 10.1. The fraction of sp³-hybridized carbons (Fsp3) is 0.462. The summed E-state index contributed by atoms with van der Waals surface area (Å²) in [7, 11) is 1.38. The molecule has 0 fully saturated rings. The fourth-order valence-electron chi connectivity index (χ4n) is 1.90. The van der Waals surface area contributed by atoms with Gasteiger partial charge in [-0.15, -0.1) is 0 Å². The standard InChI is InChI=1S/C13H17NO4/c1-8(14-9(2)13(15)16-3)10-4-5-11-12(6-10)18-7-17-11/h4-6,8-9,14H,7H2,1-3H3. The Morgan fingerprint density at radius 3 is 2.78 bits per heavy atom. The topological polar surface area (TPSA) is 56.8 Å². The van der Waals surface area contributed by atoms with E-state index in [-0.39, 0.29) is 24.8 Å². The van der Waals surface area contributed by atoms with E-state index in [0.29, 0.717) is 0 Å². The zero-order valence-corrected chi connectivity index (χ0v) is 10.7. The van der Waals surface area contributed by atoms with Gasteiger partial charge in [-0.25, -0.2) is 0 Å². The van der Waals surface area contributed by atoms with E-state index in [0.717, 1.165) is 17.1 Å². The van der Waals surface area contributed by atoms with Crippen molar-refractivity contribution in [3.63, 3.8) is 0 Å². The summed E-state index contributed by atoms with van der Waals surface area (Å²) in [6.07, 6.45) is 0. The highest BCUT2D eigenvalue weighted by Gasteiger charge is 2.19. The molecule has 0 radical (unpaired) electrons. The van der Waals surface area contributed by atoms with Gasteiger partial charge in [-0.05, 0) is 31.5 Å². The maximum absolute atomic E-state index is 11.3. The Morgan fingerprint density at radius 2 is 2.06 bits per heavy atom. The lowest BCUT2D eigenvalue weighted by molar-refractivity contribution is -0.142. The van der Waals surface area contributed by atoms with Gasteiger partial charge in [0.15, 0.2) is 11.5 Å². The van der Waals surface area contributed by atoms with Gasteiger partial charge in [0.25, 0.3) is 0 Å². The SMILES string of the molecule is COC(=O)C(C)NC(C)c1ccc2c(c1)OCO2. The third-order valence-electron chi connectivity index (χ3n) is 2.95. The van der Waals surface area contributed by atoms with Gasteiger partial charge in [-0.3, -0.25) is 10.1 Å². The maximum Gasteiger partial charge on any atom is 0.322 e. The summed E-state index contributed by atoms with van der Waals surface area (Å²) in [4.78, 5) is 11.3. The quantitative estimate of drug-likeness (QED) is 0.824. The van der Waals surface area contributed by atoms with Crippen LogP contribution in [0.4, 0.5) is 0 Å². The Balaban J connectivity index is 2.05. The molecule has 1 heterocycles. The molecule has 1 N–H and O–H groups in total. The molecule has 5 nitrogen and oxygen atoms in total. The van der Waals surface area contributed by atoms with E-state index in [9.17, 15) is 4.79 Å². The lowest BCUT2D eigenvalue weighted by Gasteiger charge is -2.18. The summed E-state index contributed by atoms with van der Waals surface area (Å²) in [6, 6.07) is 5.42. The predicted octanol–water partition coefficient (Wildman–Crippen LogP) is 1.63. The number of esters is 1. The number of rotatable bonds is 4. The fourth-order valence-corrected chi connectivity index (χ4v) is 1.90. The van der Waals surface area contributed by atoms with E-state index in [1.807, 2.05) is 25.1 Å². The minimum atomic E-state index is -0.351. The second-order valence-electron chi connectivity index (χ2n) is 4.25. The highest BCUT2D eigenvalue weighted by Crippen LogP contribution is 2.34. The van der Waals surface area contributed by atoms with Gasteiger partial charge in [-0.1, -0.05) is 6.07 Å². The molecule has 0 bridgehead atoms. The number of benzene rings is 1. The van der Waals surface area contributed by atoms with E-state index in [1.54, 1.807) is 6.92 Å². The second-order valence-corrected chi connectivity index (χ2v) is 4.25. The van der Waals surface area contributed by atoms with Crippen molar-refractivity contribution in [2.45, 2.75) is 25.9 Å². The summed E-state index contributed by atoms with van der Waals surface area (Å²) < 4.78 is 15.3. The van der Waals surface area contributed by atoms with Gasteiger partial charge in [0.1, 0.15) is 6.04 Å². The van der Waals surface area contributed by atoms with Crippen LogP contribution in [-0.4, -0.2) is 25.9 Å². The van der Waals surface area contributed by atoms with Crippen LogP contribution in [0, 0.1) is 0 Å². The van der Waals surface area contributed by atoms with Crippen LogP contribution in [0.15, 0.2) is 18.2 Å². The van der Waals surface area contributed by atoms with Crippen molar-refractivity contribution in [1.29, 1.82) is 0 Å². The molecule has 0 aromatic heterocycles. The van der Waals surface area contributed by atoms with E-state index in [2.05, 4.69) is 10.1 Å². The summed E-state index contributed by atoms with van der Waals surface area (Å²) in [5.41, 5.74) is 1.04. The molecule has 1 aromatic carbocycles. The zero-order chi connectivity index (χ0) is 13.1. The van der Waals surface area contributed by atoms with Gasteiger partial charge in [0, 0.05) is 6.04 Å². The highest BCUT2D eigenvalue weighted by molar-refractivity contribution is 5.75. The minimum absolute atomic E-state index is 0.0219. The van der Waals surface area contributed by atoms with Crippen molar-refractivity contribution < 1.29 is 19.0 Å². The molecule has 0 saturated carbocycles. The molecule has 0 aliphatic carbocycles. The summed E-state index contributed by atoms with van der Waals surface area (Å²) in [6.45, 7) is 4.02. The number of nitrogens with one attached hydrogen (secondary N) is 1. The molecule has 0 spiro atoms. The largest absolute Gasteiger partial charge is 0.468 e. The monoisotopic (exact) mass is 251 g/mol. The average molecular weight is 251 g/mol. The first-order valence-corrected chi connectivity index (χ1v) is 5.85. The van der Waals surface area contributed by atoms with Crippen LogP contribution in [0.5, 0.6) is 11.5 Å². The third-order valence-corrected chi connectivity index (χ3v) is 2.95. The van der Waals surface area contributed by atoms with Crippen molar-refractivity contribution in [1.82, 2.24) is 5.32 Å². The maximum atomic E-state index is 11.3. The first-order chi connectivity index (χ1) is 8.61. The number of ether oxygens (including phenoxy) is 3. The number of methoxy groups -OCH3 is 1. The molecule has 0 amide bonds. The zero-order valence-electron chi connectivity index (χ0n) is 10.7. The number of hydrogen-bond donors (Lipinski definition) is 1. The Morgan fingerprint density at radius 1 is 1.33 bits per heavy atom. The van der Waals surface area contributed by atoms with Gasteiger partial charge in [0.05, 0.1) is 7.11 Å². The minimum Gasteiger partial charge on any atom is -0.468 e. The van der Waals surface area contributed by atoms with Crippen LogP contribution >= 0.6 is 0 Å². The van der Waals surface area contributed by atoms with Crippen LogP contribution in [0.2, 0.25) is 0 Å². The Hall–Kier alpha value is -1.75. The molecular formula is C13H17NO4. The Kier molecular flexibility index (Phi) is 3.72. The van der Waals surface area contributed by atoms with E-state index in [1.165, 1.54) is 7.11 Å². The molecule has 2 rings (SSSR count).